The zero-order valence-corrected chi connectivity index (χ0v) is 15.4. The Morgan fingerprint density at radius 2 is 1.72 bits per heavy atom. The molecule has 0 radical (unpaired) electrons. The van der Waals surface area contributed by atoms with Crippen molar-refractivity contribution in [3.63, 3.8) is 0 Å². The van der Waals surface area contributed by atoms with E-state index in [1.165, 1.54) is 6.26 Å². The topological polar surface area (TPSA) is 78.5 Å². The minimum Gasteiger partial charge on any atom is -0.378 e. The third kappa shape index (κ3) is 6.46. The Hall–Kier alpha value is -2.54. The Balaban J connectivity index is 1.91. The summed E-state index contributed by atoms with van der Waals surface area (Å²) in [5.74, 6) is -0.0532. The van der Waals surface area contributed by atoms with E-state index in [0.717, 1.165) is 11.3 Å². The smallest absolute Gasteiger partial charge is 0.319 e. The van der Waals surface area contributed by atoms with Gasteiger partial charge in [-0.15, -0.1) is 0 Å². The molecule has 25 heavy (non-hydrogen) atoms. The Labute approximate surface area is 148 Å². The van der Waals surface area contributed by atoms with Crippen LogP contribution in [0, 0.1) is 0 Å². The first-order valence-corrected chi connectivity index (χ1v) is 9.87. The molecule has 2 amide bonds. The monoisotopic (exact) mass is 361 g/mol. The van der Waals surface area contributed by atoms with E-state index in [0.29, 0.717) is 17.8 Å². The van der Waals surface area contributed by atoms with E-state index in [9.17, 15) is 13.2 Å². The van der Waals surface area contributed by atoms with Crippen LogP contribution in [0.1, 0.15) is 11.1 Å². The molecule has 0 heterocycles. The third-order valence-corrected chi connectivity index (χ3v) is 4.38. The predicted molar refractivity (Wildman–Crippen MR) is 102 cm³/mol. The summed E-state index contributed by atoms with van der Waals surface area (Å²) in [6.45, 7) is 0.405. The van der Waals surface area contributed by atoms with E-state index in [-0.39, 0.29) is 11.8 Å². The van der Waals surface area contributed by atoms with Crippen LogP contribution in [0.15, 0.2) is 48.5 Å². The number of rotatable bonds is 6. The van der Waals surface area contributed by atoms with Gasteiger partial charge in [-0.25, -0.2) is 13.2 Å². The largest absolute Gasteiger partial charge is 0.378 e. The molecular formula is C18H23N3O3S. The molecule has 0 bridgehead atoms. The summed E-state index contributed by atoms with van der Waals surface area (Å²) in [6.07, 6.45) is 1.18. The molecule has 134 valence electrons. The molecule has 0 aliphatic rings. The van der Waals surface area contributed by atoms with Gasteiger partial charge in [-0.2, -0.15) is 0 Å². The van der Waals surface area contributed by atoms with Gasteiger partial charge in [-0.05, 0) is 35.4 Å². The number of sulfone groups is 1. The fourth-order valence-corrected chi connectivity index (χ4v) is 3.10. The molecule has 6 nitrogen and oxygen atoms in total. The van der Waals surface area contributed by atoms with Crippen molar-refractivity contribution in [2.75, 3.05) is 30.6 Å². The average Bonchev–Trinajstić information content (AvgIpc) is 2.52. The van der Waals surface area contributed by atoms with Crippen LogP contribution in [0.3, 0.4) is 0 Å². The molecule has 0 spiro atoms. The van der Waals surface area contributed by atoms with Crippen molar-refractivity contribution in [2.24, 2.45) is 0 Å². The molecule has 0 aliphatic carbocycles. The zero-order chi connectivity index (χ0) is 18.4. The number of benzene rings is 2. The minimum atomic E-state index is -3.11. The van der Waals surface area contributed by atoms with Gasteiger partial charge in [0.2, 0.25) is 0 Å². The first kappa shape index (κ1) is 18.8. The van der Waals surface area contributed by atoms with Crippen molar-refractivity contribution in [1.82, 2.24) is 5.32 Å². The molecule has 2 N–H and O–H groups in total. The number of carbonyl (C=O) groups is 1. The lowest BCUT2D eigenvalue weighted by Gasteiger charge is -2.13. The maximum Gasteiger partial charge on any atom is 0.319 e. The van der Waals surface area contributed by atoms with Crippen molar-refractivity contribution in [3.8, 4) is 0 Å². The summed E-state index contributed by atoms with van der Waals surface area (Å²) in [6, 6.07) is 14.4. The van der Waals surface area contributed by atoms with Gasteiger partial charge in [0.25, 0.3) is 0 Å². The van der Waals surface area contributed by atoms with Gasteiger partial charge in [0.05, 0.1) is 5.75 Å². The van der Waals surface area contributed by atoms with Gasteiger partial charge in [0.15, 0.2) is 9.84 Å². The Morgan fingerprint density at radius 3 is 2.32 bits per heavy atom. The van der Waals surface area contributed by atoms with Crippen LogP contribution in [-0.2, 0) is 22.1 Å². The SMILES string of the molecule is CN(C)c1ccc(CNC(=O)Nc2cccc(CS(C)(=O)=O)c2)cc1. The van der Waals surface area contributed by atoms with Crippen molar-refractivity contribution < 1.29 is 13.2 Å². The van der Waals surface area contributed by atoms with Crippen LogP contribution in [0.4, 0.5) is 16.2 Å². The Morgan fingerprint density at radius 1 is 1.04 bits per heavy atom. The highest BCUT2D eigenvalue weighted by molar-refractivity contribution is 7.89. The molecular weight excluding hydrogens is 338 g/mol. The highest BCUT2D eigenvalue weighted by atomic mass is 32.2. The van der Waals surface area contributed by atoms with Crippen molar-refractivity contribution >= 4 is 27.2 Å². The van der Waals surface area contributed by atoms with Gasteiger partial charge < -0.3 is 15.5 Å². The lowest BCUT2D eigenvalue weighted by atomic mass is 10.2. The highest BCUT2D eigenvalue weighted by Gasteiger charge is 2.07. The molecule has 2 rings (SSSR count). The molecule has 7 heteroatoms. The summed E-state index contributed by atoms with van der Waals surface area (Å²) in [5, 5.41) is 5.50. The maximum atomic E-state index is 12.0. The van der Waals surface area contributed by atoms with Crippen LogP contribution >= 0.6 is 0 Å². The minimum absolute atomic E-state index is 0.0532. The third-order valence-electron chi connectivity index (χ3n) is 3.52. The first-order valence-electron chi connectivity index (χ1n) is 7.81. The van der Waals surface area contributed by atoms with Crippen LogP contribution in [0.25, 0.3) is 0 Å². The van der Waals surface area contributed by atoms with Gasteiger partial charge in [-0.1, -0.05) is 24.3 Å². The summed E-state index contributed by atoms with van der Waals surface area (Å²) >= 11 is 0. The van der Waals surface area contributed by atoms with Gasteiger partial charge >= 0.3 is 6.03 Å². The van der Waals surface area contributed by atoms with E-state index in [4.69, 9.17) is 0 Å². The molecule has 0 atom stereocenters. The van der Waals surface area contributed by atoms with E-state index in [2.05, 4.69) is 10.6 Å². The Bertz CT molecular complexity index is 831. The number of anilines is 2. The fourth-order valence-electron chi connectivity index (χ4n) is 2.31. The molecule has 0 unspecified atom stereocenters. The van der Waals surface area contributed by atoms with Crippen LogP contribution in [-0.4, -0.2) is 34.8 Å². The van der Waals surface area contributed by atoms with Crippen molar-refractivity contribution in [3.05, 3.63) is 59.7 Å². The number of nitrogens with zero attached hydrogens (tertiary/aromatic N) is 1. The molecule has 0 saturated carbocycles. The lowest BCUT2D eigenvalue weighted by molar-refractivity contribution is 0.251. The van der Waals surface area contributed by atoms with Crippen molar-refractivity contribution in [1.29, 1.82) is 0 Å². The van der Waals surface area contributed by atoms with E-state index in [1.54, 1.807) is 24.3 Å². The number of nitrogens with one attached hydrogen (secondary N) is 2. The second-order valence-corrected chi connectivity index (χ2v) is 8.28. The zero-order valence-electron chi connectivity index (χ0n) is 14.6. The average molecular weight is 361 g/mol. The highest BCUT2D eigenvalue weighted by Crippen LogP contribution is 2.14. The van der Waals surface area contributed by atoms with Crippen LogP contribution in [0.2, 0.25) is 0 Å². The summed E-state index contributed by atoms with van der Waals surface area (Å²) in [4.78, 5) is 14.0. The summed E-state index contributed by atoms with van der Waals surface area (Å²) in [7, 11) is 0.831. The molecule has 0 fully saturated rings. The van der Waals surface area contributed by atoms with Gasteiger partial charge in [0, 0.05) is 38.3 Å². The second kappa shape index (κ2) is 8.02. The summed E-state index contributed by atoms with van der Waals surface area (Å²) in [5.41, 5.74) is 3.28. The molecule has 2 aromatic rings. The standard InChI is InChI=1S/C18H23N3O3S/c1-21(2)17-9-7-14(8-10-17)12-19-18(22)20-16-6-4-5-15(11-16)13-25(3,23)24/h4-11H,12-13H2,1-3H3,(H2,19,20,22). The lowest BCUT2D eigenvalue weighted by Crippen LogP contribution is -2.28. The number of urea groups is 1. The van der Waals surface area contributed by atoms with E-state index < -0.39 is 9.84 Å². The normalized spacial score (nSPS) is 11.0. The number of hydrogen-bond acceptors (Lipinski definition) is 4. The van der Waals surface area contributed by atoms with Crippen molar-refractivity contribution in [2.45, 2.75) is 12.3 Å². The molecule has 0 aliphatic heterocycles. The molecule has 2 aromatic carbocycles. The molecule has 0 saturated heterocycles. The second-order valence-electron chi connectivity index (χ2n) is 6.14. The van der Waals surface area contributed by atoms with E-state index in [1.807, 2.05) is 43.3 Å². The quantitative estimate of drug-likeness (QED) is 0.829. The first-order chi connectivity index (χ1) is 11.7. The van der Waals surface area contributed by atoms with Gasteiger partial charge in [0.1, 0.15) is 0 Å². The fraction of sp³-hybridized carbons (Fsp3) is 0.278. The van der Waals surface area contributed by atoms with Crippen LogP contribution < -0.4 is 15.5 Å². The van der Waals surface area contributed by atoms with Gasteiger partial charge in [-0.3, -0.25) is 0 Å². The Kier molecular flexibility index (Phi) is 6.03. The number of hydrogen-bond donors (Lipinski definition) is 2. The summed E-state index contributed by atoms with van der Waals surface area (Å²) < 4.78 is 22.7. The number of carbonyl (C=O) groups excluding carboxylic acids is 1. The van der Waals surface area contributed by atoms with E-state index >= 15 is 0 Å². The number of amides is 2. The maximum absolute atomic E-state index is 12.0. The molecule has 0 aromatic heterocycles. The van der Waals surface area contributed by atoms with Crippen LogP contribution in [0.5, 0.6) is 0 Å². The predicted octanol–water partition coefficient (Wildman–Crippen LogP) is 2.62.